The van der Waals surface area contributed by atoms with E-state index in [-0.39, 0.29) is 30.0 Å². The number of rotatable bonds is 5. The Hall–Kier alpha value is 0.230. The van der Waals surface area contributed by atoms with Crippen molar-refractivity contribution in [2.75, 3.05) is 12.9 Å². The van der Waals surface area contributed by atoms with E-state index in [0.717, 1.165) is 19.3 Å². The average molecular weight is 219 g/mol. The van der Waals surface area contributed by atoms with Crippen molar-refractivity contribution in [3.63, 3.8) is 0 Å². The van der Waals surface area contributed by atoms with Gasteiger partial charge in [0.25, 0.3) is 0 Å². The Morgan fingerprint density at radius 3 is 2.64 bits per heavy atom. The van der Waals surface area contributed by atoms with Gasteiger partial charge in [0.05, 0.1) is 12.7 Å². The van der Waals surface area contributed by atoms with Crippen LogP contribution in [0, 0.1) is 0 Å². The SMILES string of the molecule is CSC(CO)C(C)NC1CCCC1O. The Morgan fingerprint density at radius 2 is 2.21 bits per heavy atom. The second-order valence-corrected chi connectivity index (χ2v) is 5.09. The van der Waals surface area contributed by atoms with Crippen molar-refractivity contribution in [1.82, 2.24) is 5.32 Å². The molecule has 1 aliphatic carbocycles. The standard InChI is InChI=1S/C10H21NO2S/c1-7(10(6-12)14-2)11-8-4-3-5-9(8)13/h7-13H,3-6H2,1-2H3. The van der Waals surface area contributed by atoms with Crippen molar-refractivity contribution in [2.24, 2.45) is 0 Å². The molecule has 0 aromatic carbocycles. The molecule has 4 heteroatoms. The number of aliphatic hydroxyl groups is 2. The van der Waals surface area contributed by atoms with Gasteiger partial charge in [-0.15, -0.1) is 0 Å². The van der Waals surface area contributed by atoms with E-state index in [1.165, 1.54) is 0 Å². The predicted molar refractivity (Wildman–Crippen MR) is 60.6 cm³/mol. The molecule has 84 valence electrons. The van der Waals surface area contributed by atoms with Crippen LogP contribution < -0.4 is 5.32 Å². The quantitative estimate of drug-likeness (QED) is 0.634. The smallest absolute Gasteiger partial charge is 0.0693 e. The molecule has 0 heterocycles. The summed E-state index contributed by atoms with van der Waals surface area (Å²) in [4.78, 5) is 0. The first-order valence-electron chi connectivity index (χ1n) is 5.26. The van der Waals surface area contributed by atoms with Gasteiger partial charge in [-0.3, -0.25) is 0 Å². The van der Waals surface area contributed by atoms with Crippen LogP contribution in [-0.4, -0.2) is 46.5 Å². The molecule has 1 rings (SSSR count). The Kier molecular flexibility index (Phi) is 5.23. The first kappa shape index (κ1) is 12.3. The molecule has 3 N–H and O–H groups in total. The van der Waals surface area contributed by atoms with Crippen molar-refractivity contribution in [2.45, 2.75) is 49.6 Å². The van der Waals surface area contributed by atoms with E-state index in [1.54, 1.807) is 11.8 Å². The second kappa shape index (κ2) is 5.95. The minimum atomic E-state index is -0.196. The largest absolute Gasteiger partial charge is 0.395 e. The third kappa shape index (κ3) is 3.12. The first-order chi connectivity index (χ1) is 6.69. The third-order valence-corrected chi connectivity index (χ3v) is 4.16. The van der Waals surface area contributed by atoms with Gasteiger partial charge in [-0.1, -0.05) is 0 Å². The van der Waals surface area contributed by atoms with E-state index >= 15 is 0 Å². The third-order valence-electron chi connectivity index (χ3n) is 3.00. The summed E-state index contributed by atoms with van der Waals surface area (Å²) in [5.41, 5.74) is 0. The van der Waals surface area contributed by atoms with Crippen molar-refractivity contribution < 1.29 is 10.2 Å². The number of aliphatic hydroxyl groups excluding tert-OH is 2. The molecule has 0 aromatic rings. The second-order valence-electron chi connectivity index (χ2n) is 4.02. The minimum absolute atomic E-state index is 0.193. The average Bonchev–Trinajstić information content (AvgIpc) is 2.54. The van der Waals surface area contributed by atoms with E-state index in [2.05, 4.69) is 12.2 Å². The zero-order chi connectivity index (χ0) is 10.6. The summed E-state index contributed by atoms with van der Waals surface area (Å²) in [6, 6.07) is 0.485. The van der Waals surface area contributed by atoms with Crippen molar-refractivity contribution in [1.29, 1.82) is 0 Å². The van der Waals surface area contributed by atoms with Crippen LogP contribution >= 0.6 is 11.8 Å². The number of hydrogen-bond donors (Lipinski definition) is 3. The molecule has 14 heavy (non-hydrogen) atoms. The van der Waals surface area contributed by atoms with Crippen LogP contribution in [0.4, 0.5) is 0 Å². The highest BCUT2D eigenvalue weighted by Crippen LogP contribution is 2.21. The lowest BCUT2D eigenvalue weighted by Gasteiger charge is -2.26. The Morgan fingerprint density at radius 1 is 1.50 bits per heavy atom. The molecule has 1 saturated carbocycles. The van der Waals surface area contributed by atoms with Crippen molar-refractivity contribution in [3.05, 3.63) is 0 Å². The monoisotopic (exact) mass is 219 g/mol. The molecule has 0 aliphatic heterocycles. The fourth-order valence-corrected chi connectivity index (χ4v) is 2.65. The van der Waals surface area contributed by atoms with E-state index in [4.69, 9.17) is 5.11 Å². The van der Waals surface area contributed by atoms with Crippen LogP contribution in [0.25, 0.3) is 0 Å². The van der Waals surface area contributed by atoms with Crippen molar-refractivity contribution >= 4 is 11.8 Å². The molecular weight excluding hydrogens is 198 g/mol. The summed E-state index contributed by atoms with van der Waals surface area (Å²) in [5.74, 6) is 0. The fourth-order valence-electron chi connectivity index (χ4n) is 2.02. The van der Waals surface area contributed by atoms with Crippen molar-refractivity contribution in [3.8, 4) is 0 Å². The molecule has 0 amide bonds. The lowest BCUT2D eigenvalue weighted by atomic mass is 10.1. The molecule has 0 spiro atoms. The summed E-state index contributed by atoms with van der Waals surface area (Å²) in [6.45, 7) is 2.26. The summed E-state index contributed by atoms with van der Waals surface area (Å²) >= 11 is 1.67. The van der Waals surface area contributed by atoms with Gasteiger partial charge in [-0.25, -0.2) is 0 Å². The first-order valence-corrected chi connectivity index (χ1v) is 6.55. The minimum Gasteiger partial charge on any atom is -0.395 e. The Bertz CT molecular complexity index is 164. The van der Waals surface area contributed by atoms with E-state index in [9.17, 15) is 5.11 Å². The van der Waals surface area contributed by atoms with E-state index < -0.39 is 0 Å². The molecular formula is C10H21NO2S. The van der Waals surface area contributed by atoms with Gasteiger partial charge < -0.3 is 15.5 Å². The van der Waals surface area contributed by atoms with Gasteiger partial charge in [0.15, 0.2) is 0 Å². The Balaban J connectivity index is 2.34. The molecule has 1 aliphatic rings. The lowest BCUT2D eigenvalue weighted by Crippen LogP contribution is -2.46. The molecule has 4 atom stereocenters. The molecule has 0 radical (unpaired) electrons. The van der Waals surface area contributed by atoms with Crippen LogP contribution in [0.5, 0.6) is 0 Å². The molecule has 4 unspecified atom stereocenters. The summed E-state index contributed by atoms with van der Waals surface area (Å²) < 4.78 is 0. The highest BCUT2D eigenvalue weighted by atomic mass is 32.2. The summed E-state index contributed by atoms with van der Waals surface area (Å²) in [5, 5.41) is 22.4. The van der Waals surface area contributed by atoms with E-state index in [0.29, 0.717) is 0 Å². The van der Waals surface area contributed by atoms with Crippen LogP contribution in [0.1, 0.15) is 26.2 Å². The zero-order valence-electron chi connectivity index (χ0n) is 8.94. The van der Waals surface area contributed by atoms with Crippen LogP contribution in [0.3, 0.4) is 0 Å². The maximum absolute atomic E-state index is 9.63. The molecule has 0 bridgehead atoms. The van der Waals surface area contributed by atoms with Gasteiger partial charge in [0.2, 0.25) is 0 Å². The fraction of sp³-hybridized carbons (Fsp3) is 1.00. The lowest BCUT2D eigenvalue weighted by molar-refractivity contribution is 0.141. The van der Waals surface area contributed by atoms with Crippen LogP contribution in [-0.2, 0) is 0 Å². The summed E-state index contributed by atoms with van der Waals surface area (Å²) in [7, 11) is 0. The summed E-state index contributed by atoms with van der Waals surface area (Å²) in [6.07, 6.45) is 4.88. The Labute approximate surface area is 90.3 Å². The van der Waals surface area contributed by atoms with Crippen LogP contribution in [0.15, 0.2) is 0 Å². The van der Waals surface area contributed by atoms with E-state index in [1.807, 2.05) is 6.26 Å². The molecule has 1 fully saturated rings. The molecule has 0 aromatic heterocycles. The number of nitrogens with one attached hydrogen (secondary N) is 1. The molecule has 0 saturated heterocycles. The van der Waals surface area contributed by atoms with Crippen LogP contribution in [0.2, 0.25) is 0 Å². The van der Waals surface area contributed by atoms with Gasteiger partial charge in [-0.2, -0.15) is 11.8 Å². The molecule has 3 nitrogen and oxygen atoms in total. The topological polar surface area (TPSA) is 52.5 Å². The maximum Gasteiger partial charge on any atom is 0.0693 e. The maximum atomic E-state index is 9.63. The van der Waals surface area contributed by atoms with Gasteiger partial charge in [0.1, 0.15) is 0 Å². The number of hydrogen-bond acceptors (Lipinski definition) is 4. The normalized spacial score (nSPS) is 31.7. The predicted octanol–water partition coefficient (Wildman–Crippen LogP) is 0.602. The zero-order valence-corrected chi connectivity index (χ0v) is 9.76. The number of thioether (sulfide) groups is 1. The van der Waals surface area contributed by atoms with Gasteiger partial charge in [0, 0.05) is 17.3 Å². The van der Waals surface area contributed by atoms with Gasteiger partial charge in [-0.05, 0) is 32.4 Å². The van der Waals surface area contributed by atoms with Gasteiger partial charge >= 0.3 is 0 Å². The highest BCUT2D eigenvalue weighted by Gasteiger charge is 2.27. The highest BCUT2D eigenvalue weighted by molar-refractivity contribution is 7.99.